The van der Waals surface area contributed by atoms with E-state index in [1.54, 1.807) is 24.9 Å². The number of piperidine rings is 1. The predicted molar refractivity (Wildman–Crippen MR) is 114 cm³/mol. The van der Waals surface area contributed by atoms with Gasteiger partial charge < -0.3 is 9.88 Å². The molecule has 1 fully saturated rings. The zero-order valence-electron chi connectivity index (χ0n) is 16.5. The lowest BCUT2D eigenvalue weighted by atomic mass is 9.92. The van der Waals surface area contributed by atoms with Gasteiger partial charge in [-0.25, -0.2) is 15.0 Å². The van der Waals surface area contributed by atoms with Crippen molar-refractivity contribution in [3.8, 4) is 11.5 Å². The summed E-state index contributed by atoms with van der Waals surface area (Å²) in [4.78, 5) is 35.6. The van der Waals surface area contributed by atoms with Crippen molar-refractivity contribution in [3.63, 3.8) is 0 Å². The zero-order chi connectivity index (χ0) is 20.3. The number of amides is 1. The van der Waals surface area contributed by atoms with Crippen LogP contribution in [0.3, 0.4) is 0 Å². The van der Waals surface area contributed by atoms with Crippen molar-refractivity contribution in [3.05, 3.63) is 72.6 Å². The van der Waals surface area contributed by atoms with Gasteiger partial charge in [-0.2, -0.15) is 0 Å². The first-order valence-corrected chi connectivity index (χ1v) is 10.2. The van der Waals surface area contributed by atoms with Gasteiger partial charge in [0.05, 0.1) is 11.1 Å². The molecule has 1 aliphatic heterocycles. The van der Waals surface area contributed by atoms with E-state index in [1.165, 1.54) is 0 Å². The summed E-state index contributed by atoms with van der Waals surface area (Å²) in [5.41, 5.74) is 3.32. The number of nitrogens with one attached hydrogen (secondary N) is 1. The van der Waals surface area contributed by atoms with Gasteiger partial charge in [0, 0.05) is 42.8 Å². The third-order valence-corrected chi connectivity index (χ3v) is 5.61. The van der Waals surface area contributed by atoms with Crippen molar-refractivity contribution in [1.29, 1.82) is 0 Å². The molecule has 0 unspecified atom stereocenters. The number of pyridine rings is 1. The van der Waals surface area contributed by atoms with Gasteiger partial charge in [0.2, 0.25) is 0 Å². The predicted octanol–water partition coefficient (Wildman–Crippen LogP) is 3.51. The van der Waals surface area contributed by atoms with Crippen LogP contribution in [0.2, 0.25) is 0 Å². The summed E-state index contributed by atoms with van der Waals surface area (Å²) in [5.74, 6) is 1.16. The molecule has 3 aromatic heterocycles. The molecule has 0 spiro atoms. The molecule has 1 atom stereocenters. The molecule has 5 rings (SSSR count). The van der Waals surface area contributed by atoms with E-state index in [0.29, 0.717) is 11.5 Å². The summed E-state index contributed by atoms with van der Waals surface area (Å²) in [6.45, 7) is 1.51. The number of aromatic nitrogens is 5. The van der Waals surface area contributed by atoms with Crippen molar-refractivity contribution >= 4 is 16.8 Å². The van der Waals surface area contributed by atoms with Crippen molar-refractivity contribution in [2.24, 2.45) is 5.92 Å². The normalized spacial score (nSPS) is 16.7. The highest BCUT2D eigenvalue weighted by molar-refractivity contribution is 5.97. The second-order valence-electron chi connectivity index (χ2n) is 7.71. The average molecular weight is 398 g/mol. The van der Waals surface area contributed by atoms with Crippen LogP contribution in [0.4, 0.5) is 0 Å². The Kier molecular flexibility index (Phi) is 4.93. The first-order valence-electron chi connectivity index (χ1n) is 10.2. The fourth-order valence-electron chi connectivity index (χ4n) is 4.13. The SMILES string of the molecule is O=C(c1cnc2ccccc2c1)N1CCC[C@H](Cc2cc(-c3ncc[nH]3)ncn2)C1. The zero-order valence-corrected chi connectivity index (χ0v) is 16.5. The van der Waals surface area contributed by atoms with Crippen LogP contribution in [0.15, 0.2) is 61.3 Å². The minimum Gasteiger partial charge on any atom is -0.343 e. The largest absolute Gasteiger partial charge is 0.343 e. The summed E-state index contributed by atoms with van der Waals surface area (Å²) in [7, 11) is 0. The molecule has 7 heteroatoms. The number of carbonyl (C=O) groups excluding carboxylic acids is 1. The minimum atomic E-state index is 0.0527. The van der Waals surface area contributed by atoms with Gasteiger partial charge in [-0.3, -0.25) is 9.78 Å². The molecule has 7 nitrogen and oxygen atoms in total. The molecule has 4 heterocycles. The highest BCUT2D eigenvalue weighted by Gasteiger charge is 2.25. The molecule has 1 amide bonds. The quantitative estimate of drug-likeness (QED) is 0.568. The molecule has 1 N–H and O–H groups in total. The number of nitrogens with zero attached hydrogens (tertiary/aromatic N) is 5. The van der Waals surface area contributed by atoms with E-state index in [0.717, 1.165) is 60.5 Å². The highest BCUT2D eigenvalue weighted by Crippen LogP contribution is 2.23. The van der Waals surface area contributed by atoms with Gasteiger partial charge in [0.25, 0.3) is 5.91 Å². The summed E-state index contributed by atoms with van der Waals surface area (Å²) in [6, 6.07) is 11.8. The second-order valence-corrected chi connectivity index (χ2v) is 7.71. The van der Waals surface area contributed by atoms with Crippen molar-refractivity contribution in [2.75, 3.05) is 13.1 Å². The van der Waals surface area contributed by atoms with E-state index in [-0.39, 0.29) is 5.91 Å². The first kappa shape index (κ1) is 18.4. The molecule has 1 aromatic carbocycles. The minimum absolute atomic E-state index is 0.0527. The number of fused-ring (bicyclic) bond motifs is 1. The molecule has 0 radical (unpaired) electrons. The lowest BCUT2D eigenvalue weighted by molar-refractivity contribution is 0.0672. The molecule has 4 aromatic rings. The smallest absolute Gasteiger partial charge is 0.255 e. The van der Waals surface area contributed by atoms with Gasteiger partial charge >= 0.3 is 0 Å². The number of likely N-dealkylation sites (tertiary alicyclic amines) is 1. The van der Waals surface area contributed by atoms with Gasteiger partial charge in [-0.1, -0.05) is 18.2 Å². The summed E-state index contributed by atoms with van der Waals surface area (Å²) < 4.78 is 0. The monoisotopic (exact) mass is 398 g/mol. The maximum Gasteiger partial charge on any atom is 0.255 e. The second kappa shape index (κ2) is 8.02. The van der Waals surface area contributed by atoms with Crippen molar-refractivity contribution < 1.29 is 4.79 Å². The van der Waals surface area contributed by atoms with Crippen LogP contribution in [0.5, 0.6) is 0 Å². The third-order valence-electron chi connectivity index (χ3n) is 5.61. The number of para-hydroxylation sites is 1. The Bertz CT molecular complexity index is 1170. The van der Waals surface area contributed by atoms with E-state index < -0.39 is 0 Å². The van der Waals surface area contributed by atoms with Crippen LogP contribution < -0.4 is 0 Å². The van der Waals surface area contributed by atoms with E-state index in [2.05, 4.69) is 24.9 Å². The first-order chi connectivity index (χ1) is 14.8. The third kappa shape index (κ3) is 3.78. The Labute approximate surface area is 174 Å². The summed E-state index contributed by atoms with van der Waals surface area (Å²) in [5, 5.41) is 0.989. The van der Waals surface area contributed by atoms with Crippen LogP contribution >= 0.6 is 0 Å². The van der Waals surface area contributed by atoms with E-state index in [1.807, 2.05) is 41.3 Å². The fraction of sp³-hybridized carbons (Fsp3) is 0.261. The molecule has 0 aliphatic carbocycles. The van der Waals surface area contributed by atoms with Crippen LogP contribution in [-0.2, 0) is 6.42 Å². The van der Waals surface area contributed by atoms with Crippen molar-refractivity contribution in [1.82, 2.24) is 29.8 Å². The Hall–Kier alpha value is -3.61. The molecule has 150 valence electrons. The Morgan fingerprint density at radius 3 is 2.97 bits per heavy atom. The topological polar surface area (TPSA) is 87.7 Å². The maximum atomic E-state index is 13.1. The van der Waals surface area contributed by atoms with E-state index in [9.17, 15) is 4.79 Å². The molecule has 1 aliphatic rings. The molecular formula is C23H22N6O. The van der Waals surface area contributed by atoms with E-state index in [4.69, 9.17) is 0 Å². The maximum absolute atomic E-state index is 13.1. The molecule has 0 bridgehead atoms. The Morgan fingerprint density at radius 2 is 2.07 bits per heavy atom. The van der Waals surface area contributed by atoms with Gasteiger partial charge in [0.15, 0.2) is 5.82 Å². The van der Waals surface area contributed by atoms with Gasteiger partial charge in [-0.15, -0.1) is 0 Å². The lowest BCUT2D eigenvalue weighted by Crippen LogP contribution is -2.40. The standard InChI is InChI=1S/C23H22N6O/c30-23(18-11-17-5-1-2-6-20(17)26-13-18)29-9-3-4-16(14-29)10-19-12-21(28-15-27-19)22-24-7-8-25-22/h1-2,5-8,11-13,15-16H,3-4,9-10,14H2,(H,24,25)/t16-/m1/s1. The summed E-state index contributed by atoms with van der Waals surface area (Å²) >= 11 is 0. The van der Waals surface area contributed by atoms with E-state index >= 15 is 0 Å². The van der Waals surface area contributed by atoms with Crippen LogP contribution in [0.1, 0.15) is 28.9 Å². The number of hydrogen-bond donors (Lipinski definition) is 1. The lowest BCUT2D eigenvalue weighted by Gasteiger charge is -2.32. The fourth-order valence-corrected chi connectivity index (χ4v) is 4.13. The molecule has 0 saturated carbocycles. The van der Waals surface area contributed by atoms with Gasteiger partial charge in [-0.05, 0) is 43.4 Å². The highest BCUT2D eigenvalue weighted by atomic mass is 16.2. The van der Waals surface area contributed by atoms with Crippen LogP contribution in [0.25, 0.3) is 22.4 Å². The Morgan fingerprint density at radius 1 is 1.13 bits per heavy atom. The number of hydrogen-bond acceptors (Lipinski definition) is 5. The van der Waals surface area contributed by atoms with Crippen LogP contribution in [0, 0.1) is 5.92 Å². The van der Waals surface area contributed by atoms with Gasteiger partial charge in [0.1, 0.15) is 12.0 Å². The number of carbonyl (C=O) groups is 1. The summed E-state index contributed by atoms with van der Waals surface area (Å²) in [6.07, 6.45) is 9.66. The van der Waals surface area contributed by atoms with Crippen LogP contribution in [-0.4, -0.2) is 48.8 Å². The molecule has 1 saturated heterocycles. The number of benzene rings is 1. The Balaban J connectivity index is 1.30. The van der Waals surface area contributed by atoms with Crippen molar-refractivity contribution in [2.45, 2.75) is 19.3 Å². The number of rotatable bonds is 4. The number of aromatic amines is 1. The number of H-pyrrole nitrogens is 1. The average Bonchev–Trinajstić information content (AvgIpc) is 3.34. The number of imidazole rings is 1. The molecule has 30 heavy (non-hydrogen) atoms. The molecular weight excluding hydrogens is 376 g/mol.